The second-order valence-electron chi connectivity index (χ2n) is 5.63. The Morgan fingerprint density at radius 1 is 1.18 bits per heavy atom. The lowest BCUT2D eigenvalue weighted by atomic mass is 10.1. The Morgan fingerprint density at radius 2 is 1.86 bits per heavy atom. The van der Waals surface area contributed by atoms with Gasteiger partial charge in [0.05, 0.1) is 11.4 Å². The maximum atomic E-state index is 12.0. The molecule has 2 aromatic carbocycles. The van der Waals surface area contributed by atoms with Gasteiger partial charge in [-0.05, 0) is 24.3 Å². The summed E-state index contributed by atoms with van der Waals surface area (Å²) in [6, 6.07) is 11.9. The van der Waals surface area contributed by atoms with Crippen molar-refractivity contribution < 1.29 is 22.8 Å². The monoisotopic (exact) mass is 422 g/mol. The summed E-state index contributed by atoms with van der Waals surface area (Å²) in [5.41, 5.74) is 2.61. The number of rotatable bonds is 5. The molecule has 0 aliphatic rings. The van der Waals surface area contributed by atoms with E-state index >= 15 is 0 Å². The molecular formula is C17H15ClN4O5S. The van der Waals surface area contributed by atoms with Gasteiger partial charge >= 0.3 is 6.03 Å². The largest absolute Gasteiger partial charge is 0.438 e. The van der Waals surface area contributed by atoms with Crippen LogP contribution in [0, 0.1) is 0 Å². The van der Waals surface area contributed by atoms with E-state index in [1.807, 2.05) is 0 Å². The van der Waals surface area contributed by atoms with Crippen LogP contribution < -0.4 is 15.9 Å². The van der Waals surface area contributed by atoms with Crippen LogP contribution in [0.3, 0.4) is 0 Å². The lowest BCUT2D eigenvalue weighted by molar-refractivity contribution is 0.161. The zero-order chi connectivity index (χ0) is 20.3. The third-order valence-electron chi connectivity index (χ3n) is 3.73. The molecule has 3 rings (SSSR count). The minimum Gasteiger partial charge on any atom is -0.438 e. The maximum absolute atomic E-state index is 12.0. The SMILES string of the molecule is NS(=O)(=O)c1ccccc1-c1oc(CNC(=O)NO)nc1-c1ccc(Cl)cc1. The highest BCUT2D eigenvalue weighted by Crippen LogP contribution is 2.36. The van der Waals surface area contributed by atoms with Gasteiger partial charge in [-0.25, -0.2) is 28.8 Å². The van der Waals surface area contributed by atoms with E-state index < -0.39 is 16.1 Å². The lowest BCUT2D eigenvalue weighted by Gasteiger charge is -2.07. The fourth-order valence-corrected chi connectivity index (χ4v) is 3.39. The molecule has 0 atom stereocenters. The molecule has 0 radical (unpaired) electrons. The van der Waals surface area contributed by atoms with Crippen LogP contribution in [0.5, 0.6) is 0 Å². The van der Waals surface area contributed by atoms with Crippen LogP contribution in [0.4, 0.5) is 4.79 Å². The Bertz CT molecular complexity index is 1110. The van der Waals surface area contributed by atoms with Crippen molar-refractivity contribution in [2.24, 2.45) is 5.14 Å². The van der Waals surface area contributed by atoms with E-state index in [1.165, 1.54) is 23.7 Å². The van der Waals surface area contributed by atoms with Gasteiger partial charge in [0.15, 0.2) is 5.76 Å². The number of halogens is 1. The number of amides is 2. The number of hydroxylamine groups is 1. The number of primary sulfonamides is 1. The Kier molecular flexibility index (Phi) is 5.66. The van der Waals surface area contributed by atoms with Crippen molar-refractivity contribution >= 4 is 27.7 Å². The van der Waals surface area contributed by atoms with Crippen LogP contribution in [0.15, 0.2) is 57.8 Å². The lowest BCUT2D eigenvalue weighted by Crippen LogP contribution is -2.32. The van der Waals surface area contributed by atoms with E-state index in [4.69, 9.17) is 26.4 Å². The number of benzene rings is 2. The van der Waals surface area contributed by atoms with Crippen molar-refractivity contribution in [3.05, 3.63) is 59.4 Å². The van der Waals surface area contributed by atoms with Crippen LogP contribution in [0.1, 0.15) is 5.89 Å². The number of nitrogens with one attached hydrogen (secondary N) is 2. The molecule has 2 amide bonds. The van der Waals surface area contributed by atoms with Crippen LogP contribution in [0.25, 0.3) is 22.6 Å². The molecule has 0 saturated heterocycles. The summed E-state index contributed by atoms with van der Waals surface area (Å²) in [4.78, 5) is 15.4. The van der Waals surface area contributed by atoms with Gasteiger partial charge in [-0.2, -0.15) is 0 Å². The average molecular weight is 423 g/mol. The molecule has 1 aromatic heterocycles. The number of aromatic nitrogens is 1. The van der Waals surface area contributed by atoms with Crippen LogP contribution >= 0.6 is 11.6 Å². The Balaban J connectivity index is 2.15. The molecule has 0 aliphatic carbocycles. The van der Waals surface area contributed by atoms with Crippen LogP contribution in [-0.2, 0) is 16.6 Å². The van der Waals surface area contributed by atoms with E-state index in [2.05, 4.69) is 10.3 Å². The van der Waals surface area contributed by atoms with Gasteiger partial charge < -0.3 is 9.73 Å². The number of hydrogen-bond donors (Lipinski definition) is 4. The Hall–Kier alpha value is -2.92. The molecule has 0 saturated carbocycles. The first-order valence-corrected chi connectivity index (χ1v) is 9.78. The fraction of sp³-hybridized carbons (Fsp3) is 0.0588. The molecule has 0 unspecified atom stereocenters. The van der Waals surface area contributed by atoms with Crippen molar-refractivity contribution in [3.63, 3.8) is 0 Å². The number of sulfonamides is 1. The summed E-state index contributed by atoms with van der Waals surface area (Å²) in [5.74, 6) is 0.251. The van der Waals surface area contributed by atoms with Gasteiger partial charge in [-0.1, -0.05) is 35.9 Å². The molecule has 28 heavy (non-hydrogen) atoms. The van der Waals surface area contributed by atoms with Gasteiger partial charge in [-0.15, -0.1) is 0 Å². The minimum absolute atomic E-state index is 0.0905. The quantitative estimate of drug-likeness (QED) is 0.366. The highest BCUT2D eigenvalue weighted by Gasteiger charge is 2.23. The van der Waals surface area contributed by atoms with E-state index in [0.717, 1.165) is 0 Å². The van der Waals surface area contributed by atoms with Crippen molar-refractivity contribution in [3.8, 4) is 22.6 Å². The number of urea groups is 1. The predicted molar refractivity (Wildman–Crippen MR) is 101 cm³/mol. The van der Waals surface area contributed by atoms with Crippen molar-refractivity contribution in [2.75, 3.05) is 0 Å². The second-order valence-corrected chi connectivity index (χ2v) is 7.59. The molecular weight excluding hydrogens is 408 g/mol. The third-order valence-corrected chi connectivity index (χ3v) is 4.95. The first kappa shape index (κ1) is 19.8. The Morgan fingerprint density at radius 3 is 2.50 bits per heavy atom. The summed E-state index contributed by atoms with van der Waals surface area (Å²) in [6.07, 6.45) is 0. The van der Waals surface area contributed by atoms with E-state index in [1.54, 1.807) is 30.3 Å². The van der Waals surface area contributed by atoms with E-state index in [-0.39, 0.29) is 28.7 Å². The summed E-state index contributed by atoms with van der Waals surface area (Å²) in [6.45, 7) is -0.148. The van der Waals surface area contributed by atoms with Gasteiger partial charge in [0.2, 0.25) is 15.9 Å². The Labute approximate surface area is 165 Å². The minimum atomic E-state index is -4.03. The van der Waals surface area contributed by atoms with Crippen molar-refractivity contribution in [1.82, 2.24) is 15.8 Å². The van der Waals surface area contributed by atoms with E-state index in [0.29, 0.717) is 16.3 Å². The normalized spacial score (nSPS) is 11.2. The molecule has 1 heterocycles. The summed E-state index contributed by atoms with van der Waals surface area (Å²) < 4.78 is 29.7. The summed E-state index contributed by atoms with van der Waals surface area (Å²) >= 11 is 5.93. The topological polar surface area (TPSA) is 148 Å². The van der Waals surface area contributed by atoms with Gasteiger partial charge in [0, 0.05) is 16.1 Å². The standard InChI is InChI=1S/C17H15ClN4O5S/c18-11-7-5-10(6-8-11)15-16(27-14(21-15)9-20-17(23)22-24)12-3-1-2-4-13(12)28(19,25)26/h1-8,24H,9H2,(H2,19,25,26)(H2,20,22,23). The first-order chi connectivity index (χ1) is 13.3. The molecule has 9 nitrogen and oxygen atoms in total. The van der Waals surface area contributed by atoms with Gasteiger partial charge in [-0.3, -0.25) is 5.21 Å². The van der Waals surface area contributed by atoms with Gasteiger partial charge in [0.1, 0.15) is 5.69 Å². The fourth-order valence-electron chi connectivity index (χ4n) is 2.52. The van der Waals surface area contributed by atoms with E-state index in [9.17, 15) is 13.2 Å². The predicted octanol–water partition coefficient (Wildman–Crippen LogP) is 2.50. The number of nitrogens with two attached hydrogens (primary N) is 1. The molecule has 0 bridgehead atoms. The molecule has 0 aliphatic heterocycles. The smallest absolute Gasteiger partial charge is 0.338 e. The summed E-state index contributed by atoms with van der Waals surface area (Å²) in [5, 5.41) is 16.7. The summed E-state index contributed by atoms with van der Waals surface area (Å²) in [7, 11) is -4.03. The van der Waals surface area contributed by atoms with Crippen LogP contribution in [-0.4, -0.2) is 24.6 Å². The van der Waals surface area contributed by atoms with Crippen LogP contribution in [0.2, 0.25) is 5.02 Å². The van der Waals surface area contributed by atoms with Crippen molar-refractivity contribution in [1.29, 1.82) is 0 Å². The van der Waals surface area contributed by atoms with Crippen molar-refractivity contribution in [2.45, 2.75) is 11.4 Å². The number of nitrogens with zero attached hydrogens (tertiary/aromatic N) is 1. The van der Waals surface area contributed by atoms with Gasteiger partial charge in [0.25, 0.3) is 0 Å². The molecule has 0 spiro atoms. The molecule has 3 aromatic rings. The molecule has 0 fully saturated rings. The number of carbonyl (C=O) groups excluding carboxylic acids is 1. The zero-order valence-electron chi connectivity index (χ0n) is 14.2. The zero-order valence-corrected chi connectivity index (χ0v) is 15.8. The molecule has 5 N–H and O–H groups in total. The second kappa shape index (κ2) is 7.98. The number of oxazole rings is 1. The highest BCUT2D eigenvalue weighted by molar-refractivity contribution is 7.89. The number of carbonyl (C=O) groups is 1. The maximum Gasteiger partial charge on any atom is 0.338 e. The number of hydrogen-bond acceptors (Lipinski definition) is 6. The molecule has 146 valence electrons. The average Bonchev–Trinajstić information content (AvgIpc) is 3.10. The first-order valence-electron chi connectivity index (χ1n) is 7.85. The third kappa shape index (κ3) is 4.31. The highest BCUT2D eigenvalue weighted by atomic mass is 35.5. The molecule has 11 heteroatoms.